The highest BCUT2D eigenvalue weighted by atomic mass is 16.5. The number of rotatable bonds is 9. The summed E-state index contributed by atoms with van der Waals surface area (Å²) in [4.78, 5) is 9.08. The van der Waals surface area contributed by atoms with E-state index in [2.05, 4.69) is 29.2 Å². The van der Waals surface area contributed by atoms with Crippen molar-refractivity contribution >= 4 is 5.82 Å². The van der Waals surface area contributed by atoms with Gasteiger partial charge < -0.3 is 10.2 Å². The molecule has 0 aliphatic heterocycles. The van der Waals surface area contributed by atoms with E-state index < -0.39 is 0 Å². The van der Waals surface area contributed by atoms with Gasteiger partial charge in [-0.05, 0) is 32.1 Å². The Kier molecular flexibility index (Phi) is 5.79. The van der Waals surface area contributed by atoms with E-state index in [1.54, 1.807) is 0 Å². The lowest BCUT2D eigenvalue weighted by Gasteiger charge is -2.17. The first-order valence-corrected chi connectivity index (χ1v) is 8.17. The van der Waals surface area contributed by atoms with Crippen LogP contribution in [-0.2, 0) is 0 Å². The number of anilines is 1. The second kappa shape index (κ2) is 7.59. The number of hydrogen-bond acceptors (Lipinski definition) is 5. The largest absolute Gasteiger partial charge is 0.477 e. The molecule has 0 saturated heterocycles. The summed E-state index contributed by atoms with van der Waals surface area (Å²) in [5.74, 6) is 8.88. The topological polar surface area (TPSA) is 73.1 Å². The molecule has 1 fully saturated rings. The Labute approximate surface area is 127 Å². The predicted molar refractivity (Wildman–Crippen MR) is 85.4 cm³/mol. The van der Waals surface area contributed by atoms with Gasteiger partial charge in [-0.15, -0.1) is 0 Å². The van der Waals surface area contributed by atoms with Crippen molar-refractivity contribution in [2.75, 3.05) is 12.0 Å². The zero-order valence-electron chi connectivity index (χ0n) is 13.5. The molecule has 118 valence electrons. The number of hydrogen-bond donors (Lipinski definition) is 2. The number of nitrogens with two attached hydrogens (primary N) is 1. The summed E-state index contributed by atoms with van der Waals surface area (Å²) in [6, 6.07) is 0. The van der Waals surface area contributed by atoms with Gasteiger partial charge in [-0.1, -0.05) is 33.1 Å². The Balaban J connectivity index is 2.05. The molecule has 0 aromatic carbocycles. The van der Waals surface area contributed by atoms with Crippen LogP contribution in [0.1, 0.15) is 69.7 Å². The summed E-state index contributed by atoms with van der Waals surface area (Å²) in [5.41, 5.74) is 3.56. The second-order valence-corrected chi connectivity index (χ2v) is 6.01. The predicted octanol–water partition coefficient (Wildman–Crippen LogP) is 3.54. The third-order valence-electron chi connectivity index (χ3n) is 4.20. The maximum Gasteiger partial charge on any atom is 0.221 e. The van der Waals surface area contributed by atoms with Gasteiger partial charge in [-0.2, -0.15) is 4.98 Å². The second-order valence-electron chi connectivity index (χ2n) is 6.01. The quantitative estimate of drug-likeness (QED) is 0.538. The highest BCUT2D eigenvalue weighted by molar-refractivity contribution is 5.48. The minimum absolute atomic E-state index is 0.488. The van der Waals surface area contributed by atoms with E-state index in [-0.39, 0.29) is 0 Å². The Bertz CT molecular complexity index is 460. The highest BCUT2D eigenvalue weighted by Gasteiger charge is 2.28. The van der Waals surface area contributed by atoms with E-state index in [0.29, 0.717) is 23.5 Å². The number of nitrogens with one attached hydrogen (secondary N) is 1. The Morgan fingerprint density at radius 1 is 1.33 bits per heavy atom. The van der Waals surface area contributed by atoms with E-state index in [0.717, 1.165) is 24.4 Å². The highest BCUT2D eigenvalue weighted by Crippen LogP contribution is 2.39. The Morgan fingerprint density at radius 3 is 2.67 bits per heavy atom. The monoisotopic (exact) mass is 292 g/mol. The van der Waals surface area contributed by atoms with Gasteiger partial charge in [0.2, 0.25) is 5.88 Å². The minimum Gasteiger partial charge on any atom is -0.477 e. The van der Waals surface area contributed by atoms with E-state index in [4.69, 9.17) is 10.6 Å². The molecule has 1 aromatic rings. The van der Waals surface area contributed by atoms with Crippen molar-refractivity contribution < 1.29 is 4.74 Å². The van der Waals surface area contributed by atoms with Gasteiger partial charge in [0.25, 0.3) is 0 Å². The van der Waals surface area contributed by atoms with Gasteiger partial charge in [-0.25, -0.2) is 10.8 Å². The standard InChI is InChI=1S/C16H28N4O/c1-4-6-7-12(5-2)10-21-16-11(3)14(20-17)18-15(19-16)13-8-9-13/h12-13H,4-10,17H2,1-3H3,(H,18,19,20). The molecule has 1 aliphatic rings. The molecular weight excluding hydrogens is 264 g/mol. The SMILES string of the molecule is CCCCC(CC)COc1nc(C2CC2)nc(NN)c1C. The fourth-order valence-corrected chi connectivity index (χ4v) is 2.41. The van der Waals surface area contributed by atoms with Gasteiger partial charge in [-0.3, -0.25) is 0 Å². The number of hydrazine groups is 1. The maximum absolute atomic E-state index is 6.00. The van der Waals surface area contributed by atoms with Crippen LogP contribution in [0.4, 0.5) is 5.82 Å². The lowest BCUT2D eigenvalue weighted by atomic mass is 10.0. The third-order valence-corrected chi connectivity index (χ3v) is 4.20. The first kappa shape index (κ1) is 16.0. The van der Waals surface area contributed by atoms with E-state index in [9.17, 15) is 0 Å². The first-order valence-electron chi connectivity index (χ1n) is 8.17. The summed E-state index contributed by atoms with van der Waals surface area (Å²) in [6.45, 7) is 7.12. The minimum atomic E-state index is 0.488. The van der Waals surface area contributed by atoms with Crippen molar-refractivity contribution in [1.29, 1.82) is 0 Å². The summed E-state index contributed by atoms with van der Waals surface area (Å²) in [7, 11) is 0. The Morgan fingerprint density at radius 2 is 2.10 bits per heavy atom. The normalized spacial score (nSPS) is 15.8. The van der Waals surface area contributed by atoms with Crippen molar-refractivity contribution in [3.05, 3.63) is 11.4 Å². The molecule has 2 rings (SSSR count). The fraction of sp³-hybridized carbons (Fsp3) is 0.750. The molecule has 0 spiro atoms. The molecule has 1 heterocycles. The van der Waals surface area contributed by atoms with Crippen LogP contribution < -0.4 is 16.0 Å². The van der Waals surface area contributed by atoms with Crippen molar-refractivity contribution in [1.82, 2.24) is 9.97 Å². The summed E-state index contributed by atoms with van der Waals surface area (Å²) in [5, 5.41) is 0. The molecule has 5 heteroatoms. The molecule has 1 aromatic heterocycles. The molecule has 0 amide bonds. The van der Waals surface area contributed by atoms with Crippen molar-refractivity contribution in [2.45, 2.75) is 65.2 Å². The van der Waals surface area contributed by atoms with Gasteiger partial charge >= 0.3 is 0 Å². The van der Waals surface area contributed by atoms with Crippen LogP contribution in [0.2, 0.25) is 0 Å². The summed E-state index contributed by atoms with van der Waals surface area (Å²) in [6.07, 6.45) is 7.18. The lowest BCUT2D eigenvalue weighted by molar-refractivity contribution is 0.224. The van der Waals surface area contributed by atoms with Crippen molar-refractivity contribution in [2.24, 2.45) is 11.8 Å². The van der Waals surface area contributed by atoms with Crippen LogP contribution in [0, 0.1) is 12.8 Å². The average molecular weight is 292 g/mol. The van der Waals surface area contributed by atoms with Crippen molar-refractivity contribution in [3.63, 3.8) is 0 Å². The van der Waals surface area contributed by atoms with Crippen LogP contribution >= 0.6 is 0 Å². The summed E-state index contributed by atoms with van der Waals surface area (Å²) >= 11 is 0. The maximum atomic E-state index is 6.00. The van der Waals surface area contributed by atoms with Gasteiger partial charge in [0.1, 0.15) is 11.6 Å². The van der Waals surface area contributed by atoms with Gasteiger partial charge in [0, 0.05) is 5.92 Å². The molecule has 0 radical (unpaired) electrons. The van der Waals surface area contributed by atoms with E-state index in [1.165, 1.54) is 32.1 Å². The number of aromatic nitrogens is 2. The van der Waals surface area contributed by atoms with Crippen molar-refractivity contribution in [3.8, 4) is 5.88 Å². The van der Waals surface area contributed by atoms with Crippen LogP contribution in [0.5, 0.6) is 5.88 Å². The molecular formula is C16H28N4O. The van der Waals surface area contributed by atoms with Crippen LogP contribution in [0.15, 0.2) is 0 Å². The number of nitrogens with zero attached hydrogens (tertiary/aromatic N) is 2. The summed E-state index contributed by atoms with van der Waals surface area (Å²) < 4.78 is 6.00. The van der Waals surface area contributed by atoms with Gasteiger partial charge in [0.05, 0.1) is 12.2 Å². The van der Waals surface area contributed by atoms with Crippen LogP contribution in [0.25, 0.3) is 0 Å². The number of nitrogen functional groups attached to an aromatic ring is 1. The molecule has 21 heavy (non-hydrogen) atoms. The zero-order valence-corrected chi connectivity index (χ0v) is 13.5. The zero-order chi connectivity index (χ0) is 15.2. The number of ether oxygens (including phenoxy) is 1. The number of unbranched alkanes of at least 4 members (excludes halogenated alkanes) is 1. The first-order chi connectivity index (χ1) is 10.2. The van der Waals surface area contributed by atoms with Crippen LogP contribution in [0.3, 0.4) is 0 Å². The van der Waals surface area contributed by atoms with E-state index >= 15 is 0 Å². The molecule has 1 unspecified atom stereocenters. The lowest BCUT2D eigenvalue weighted by Crippen LogP contribution is -2.16. The molecule has 1 atom stereocenters. The molecule has 1 aliphatic carbocycles. The molecule has 0 bridgehead atoms. The van der Waals surface area contributed by atoms with Gasteiger partial charge in [0.15, 0.2) is 0 Å². The molecule has 3 N–H and O–H groups in total. The third kappa shape index (κ3) is 4.30. The Hall–Kier alpha value is -1.36. The molecule has 5 nitrogen and oxygen atoms in total. The molecule has 1 saturated carbocycles. The fourth-order valence-electron chi connectivity index (χ4n) is 2.41. The average Bonchev–Trinajstić information content (AvgIpc) is 3.33. The van der Waals surface area contributed by atoms with Crippen LogP contribution in [-0.4, -0.2) is 16.6 Å². The smallest absolute Gasteiger partial charge is 0.221 e. The van der Waals surface area contributed by atoms with E-state index in [1.807, 2.05) is 6.92 Å².